The molecule has 1 saturated heterocycles. The number of H-pyrrole nitrogens is 2. The number of alkyl halides is 2. The molecule has 12 heteroatoms. The molecule has 3 heterocycles. The number of amides is 2. The van der Waals surface area contributed by atoms with Gasteiger partial charge in [0.2, 0.25) is 5.91 Å². The lowest BCUT2D eigenvalue weighted by atomic mass is 9.98. The van der Waals surface area contributed by atoms with Gasteiger partial charge in [0.15, 0.2) is 0 Å². The number of carbonyl (C=O) groups is 2. The number of rotatable bonds is 9. The average molecular weight is 680 g/mol. The van der Waals surface area contributed by atoms with Gasteiger partial charge in [0.05, 0.1) is 42.6 Å². The number of aromatic amines is 2. The number of likely N-dealkylation sites (tertiary alicyclic amines) is 1. The zero-order chi connectivity index (χ0) is 34.7. The number of piperidine rings is 1. The highest BCUT2D eigenvalue weighted by molar-refractivity contribution is 5.87. The summed E-state index contributed by atoms with van der Waals surface area (Å²) in [6.45, 7) is 2.37. The minimum atomic E-state index is -3.20. The first kappa shape index (κ1) is 32.1. The van der Waals surface area contributed by atoms with E-state index in [0.29, 0.717) is 59.2 Å². The van der Waals surface area contributed by atoms with E-state index in [1.54, 1.807) is 29.3 Å². The van der Waals surface area contributed by atoms with Gasteiger partial charge in [-0.15, -0.1) is 0 Å². The molecule has 2 amide bonds. The van der Waals surface area contributed by atoms with Crippen LogP contribution >= 0.6 is 0 Å². The number of halogens is 2. The van der Waals surface area contributed by atoms with Crippen LogP contribution in [-0.2, 0) is 22.0 Å². The smallest absolute Gasteiger partial charge is 0.407 e. The van der Waals surface area contributed by atoms with Gasteiger partial charge >= 0.3 is 6.09 Å². The van der Waals surface area contributed by atoms with Crippen molar-refractivity contribution in [3.05, 3.63) is 83.6 Å². The van der Waals surface area contributed by atoms with E-state index in [-0.39, 0.29) is 30.1 Å². The third kappa shape index (κ3) is 5.42. The minimum absolute atomic E-state index is 0.0178. The lowest BCUT2D eigenvalue weighted by Gasteiger charge is -2.30. The first-order valence-corrected chi connectivity index (χ1v) is 17.2. The lowest BCUT2D eigenvalue weighted by molar-refractivity contribution is -0.130. The molecule has 2 fully saturated rings. The SMILES string of the molecule is CCCN(Cc1ncc(-c2ccc3c(c2)C(F)(F)c2cc(-c4ccc5nc([C@@H]6[C@H]7CC[C@H](C7)N6C)[nH]c5c4)ccc2-3)[nH]1)C(=O)CNC(=O)OC. The normalized spacial score (nSPS) is 20.2. The molecule has 258 valence electrons. The predicted octanol–water partition coefficient (Wildman–Crippen LogP) is 6.99. The van der Waals surface area contributed by atoms with Crippen molar-refractivity contribution in [2.24, 2.45) is 5.92 Å². The number of carbonyl (C=O) groups excluding carboxylic acids is 2. The third-order valence-electron chi connectivity index (χ3n) is 10.7. The molecule has 0 spiro atoms. The summed E-state index contributed by atoms with van der Waals surface area (Å²) in [6, 6.07) is 17.2. The molecule has 3 atom stereocenters. The van der Waals surface area contributed by atoms with Crippen molar-refractivity contribution >= 4 is 23.0 Å². The first-order valence-electron chi connectivity index (χ1n) is 17.2. The molecule has 2 aliphatic carbocycles. The second-order valence-corrected chi connectivity index (χ2v) is 13.7. The Morgan fingerprint density at radius 3 is 2.46 bits per heavy atom. The number of nitrogens with one attached hydrogen (secondary N) is 3. The van der Waals surface area contributed by atoms with Gasteiger partial charge in [-0.1, -0.05) is 37.3 Å². The van der Waals surface area contributed by atoms with Gasteiger partial charge in [-0.25, -0.2) is 14.8 Å². The van der Waals surface area contributed by atoms with Crippen LogP contribution in [0.4, 0.5) is 13.6 Å². The largest absolute Gasteiger partial charge is 0.453 e. The number of ether oxygens (including phenoxy) is 1. The Kier molecular flexibility index (Phi) is 7.93. The van der Waals surface area contributed by atoms with Crippen molar-refractivity contribution in [3.63, 3.8) is 0 Å². The molecule has 3 N–H and O–H groups in total. The molecule has 3 aliphatic rings. The molecule has 5 aromatic rings. The van der Waals surface area contributed by atoms with Gasteiger partial charge in [-0.3, -0.25) is 9.69 Å². The molecule has 8 rings (SSSR count). The van der Waals surface area contributed by atoms with Crippen LogP contribution in [0.15, 0.2) is 60.8 Å². The van der Waals surface area contributed by atoms with Crippen LogP contribution in [0.25, 0.3) is 44.5 Å². The first-order chi connectivity index (χ1) is 24.1. The van der Waals surface area contributed by atoms with E-state index in [0.717, 1.165) is 28.0 Å². The average Bonchev–Trinajstić information content (AvgIpc) is 3.96. The molecular weight excluding hydrogens is 640 g/mol. The number of hydrogen-bond acceptors (Lipinski definition) is 6. The van der Waals surface area contributed by atoms with Crippen molar-refractivity contribution in [2.45, 2.75) is 57.2 Å². The highest BCUT2D eigenvalue weighted by Gasteiger charge is 2.46. The van der Waals surface area contributed by atoms with Gasteiger partial charge in [-0.05, 0) is 85.2 Å². The van der Waals surface area contributed by atoms with E-state index in [2.05, 4.69) is 37.0 Å². The Hall–Kier alpha value is -5.10. The number of imidazole rings is 2. The minimum Gasteiger partial charge on any atom is -0.453 e. The zero-order valence-corrected chi connectivity index (χ0v) is 28.2. The molecular formula is C38H39F2N7O3. The van der Waals surface area contributed by atoms with Crippen molar-refractivity contribution in [2.75, 3.05) is 27.2 Å². The summed E-state index contributed by atoms with van der Waals surface area (Å²) in [5.41, 5.74) is 5.44. The predicted molar refractivity (Wildman–Crippen MR) is 185 cm³/mol. The maximum absolute atomic E-state index is 16.2. The van der Waals surface area contributed by atoms with Crippen LogP contribution < -0.4 is 5.32 Å². The number of nitrogens with zero attached hydrogens (tertiary/aromatic N) is 4. The van der Waals surface area contributed by atoms with Crippen molar-refractivity contribution in [3.8, 4) is 33.5 Å². The maximum atomic E-state index is 16.2. The second-order valence-electron chi connectivity index (χ2n) is 13.7. The Labute approximate surface area is 288 Å². The van der Waals surface area contributed by atoms with Gasteiger partial charge < -0.3 is 24.9 Å². The lowest BCUT2D eigenvalue weighted by Crippen LogP contribution is -2.40. The Morgan fingerprint density at radius 2 is 1.74 bits per heavy atom. The highest BCUT2D eigenvalue weighted by atomic mass is 19.3. The van der Waals surface area contributed by atoms with Crippen LogP contribution in [0, 0.1) is 5.92 Å². The molecule has 10 nitrogen and oxygen atoms in total. The van der Waals surface area contributed by atoms with Crippen LogP contribution in [0.1, 0.15) is 61.4 Å². The molecule has 2 aromatic heterocycles. The maximum Gasteiger partial charge on any atom is 0.407 e. The number of fused-ring (bicyclic) bond motifs is 6. The monoisotopic (exact) mass is 679 g/mol. The summed E-state index contributed by atoms with van der Waals surface area (Å²) in [7, 11) is 3.42. The van der Waals surface area contributed by atoms with Gasteiger partial charge in [0.25, 0.3) is 5.92 Å². The summed E-state index contributed by atoms with van der Waals surface area (Å²) in [4.78, 5) is 44.3. The van der Waals surface area contributed by atoms with Crippen molar-refractivity contribution in [1.29, 1.82) is 0 Å². The summed E-state index contributed by atoms with van der Waals surface area (Å²) < 4.78 is 37.0. The molecule has 50 heavy (non-hydrogen) atoms. The Bertz CT molecular complexity index is 2120. The van der Waals surface area contributed by atoms with E-state index in [1.807, 2.05) is 37.3 Å². The molecule has 0 unspecified atom stereocenters. The highest BCUT2D eigenvalue weighted by Crippen LogP contribution is 2.53. The summed E-state index contributed by atoms with van der Waals surface area (Å²) in [5.74, 6) is -1.38. The number of methoxy groups -OCH3 is 1. The van der Waals surface area contributed by atoms with Crippen LogP contribution in [-0.4, -0.2) is 75.0 Å². The summed E-state index contributed by atoms with van der Waals surface area (Å²) in [5, 5.41) is 2.40. The van der Waals surface area contributed by atoms with Gasteiger partial charge in [0, 0.05) is 29.3 Å². The quantitative estimate of drug-likeness (QED) is 0.155. The van der Waals surface area contributed by atoms with Crippen LogP contribution in [0.3, 0.4) is 0 Å². The van der Waals surface area contributed by atoms with E-state index >= 15 is 8.78 Å². The fourth-order valence-electron chi connectivity index (χ4n) is 8.21. The molecule has 3 aromatic carbocycles. The fourth-order valence-corrected chi connectivity index (χ4v) is 8.21. The van der Waals surface area contributed by atoms with Crippen LogP contribution in [0.2, 0.25) is 0 Å². The van der Waals surface area contributed by atoms with Crippen molar-refractivity contribution in [1.82, 2.24) is 35.1 Å². The Balaban J connectivity index is 1.02. The second kappa shape index (κ2) is 12.3. The standard InChI is InChI=1S/C38H39F2N7O3/c1-4-13-47(34(48)19-42-37(49)50-3)20-33-41-18-32(43-33)23-7-11-27-26-10-6-21(15-28(26)38(39,40)29(27)16-23)22-8-12-30-31(17-22)45-36(44-30)35-24-5-9-25(14-24)46(35)2/h6-8,10-12,15-18,24-25,35H,4-5,9,13-14,19-20H2,1-3H3,(H,41,43)(H,42,49)(H,44,45)/t24-,25+,35-/m0/s1. The van der Waals surface area contributed by atoms with E-state index in [4.69, 9.17) is 4.98 Å². The summed E-state index contributed by atoms with van der Waals surface area (Å²) in [6.07, 6.45) is 5.31. The molecule has 2 bridgehead atoms. The van der Waals surface area contributed by atoms with E-state index < -0.39 is 12.0 Å². The molecule has 0 radical (unpaired) electrons. The van der Waals surface area contributed by atoms with Gasteiger partial charge in [0.1, 0.15) is 18.2 Å². The molecule has 1 saturated carbocycles. The third-order valence-corrected chi connectivity index (χ3v) is 10.7. The topological polar surface area (TPSA) is 119 Å². The van der Waals surface area contributed by atoms with E-state index in [1.165, 1.54) is 32.4 Å². The number of hydrogen-bond donors (Lipinski definition) is 3. The van der Waals surface area contributed by atoms with Gasteiger partial charge in [-0.2, -0.15) is 8.78 Å². The number of aromatic nitrogens is 4. The number of alkyl carbamates (subject to hydrolysis) is 1. The van der Waals surface area contributed by atoms with Crippen LogP contribution in [0.5, 0.6) is 0 Å². The van der Waals surface area contributed by atoms with E-state index in [9.17, 15) is 9.59 Å². The Morgan fingerprint density at radius 1 is 1.02 bits per heavy atom. The summed E-state index contributed by atoms with van der Waals surface area (Å²) >= 11 is 0. The van der Waals surface area contributed by atoms with Crippen molar-refractivity contribution < 1.29 is 23.1 Å². The zero-order valence-electron chi connectivity index (χ0n) is 28.2. The number of benzene rings is 3. The fraction of sp³-hybridized carbons (Fsp3) is 0.368. The molecule has 1 aliphatic heterocycles.